The summed E-state index contributed by atoms with van der Waals surface area (Å²) in [6.07, 6.45) is 1.62. The summed E-state index contributed by atoms with van der Waals surface area (Å²) >= 11 is 0. The van der Waals surface area contributed by atoms with E-state index in [9.17, 15) is 8.78 Å². The molecule has 0 spiro atoms. The summed E-state index contributed by atoms with van der Waals surface area (Å²) in [4.78, 5) is 0. The SMILES string of the molecule is FC(F)Oc1ccc(CNCc2cccnn2)cc1. The van der Waals surface area contributed by atoms with Crippen molar-refractivity contribution in [2.45, 2.75) is 19.7 Å². The van der Waals surface area contributed by atoms with Crippen molar-refractivity contribution in [1.82, 2.24) is 15.5 Å². The predicted octanol–water partition coefficient (Wildman–Crippen LogP) is 2.37. The van der Waals surface area contributed by atoms with E-state index in [4.69, 9.17) is 0 Å². The summed E-state index contributed by atoms with van der Waals surface area (Å²) in [5.41, 5.74) is 1.82. The van der Waals surface area contributed by atoms with E-state index >= 15 is 0 Å². The zero-order valence-electron chi connectivity index (χ0n) is 10.1. The summed E-state index contributed by atoms with van der Waals surface area (Å²) < 4.78 is 28.2. The molecule has 0 aliphatic rings. The highest BCUT2D eigenvalue weighted by Crippen LogP contribution is 2.14. The van der Waals surface area contributed by atoms with Crippen LogP contribution in [0.25, 0.3) is 0 Å². The Balaban J connectivity index is 1.80. The number of hydrogen-bond donors (Lipinski definition) is 1. The molecule has 0 bridgehead atoms. The maximum atomic E-state index is 12.0. The van der Waals surface area contributed by atoms with E-state index in [0.29, 0.717) is 13.1 Å². The molecule has 0 aliphatic heterocycles. The minimum atomic E-state index is -2.79. The third-order valence-corrected chi connectivity index (χ3v) is 2.41. The molecule has 6 heteroatoms. The largest absolute Gasteiger partial charge is 0.435 e. The average molecular weight is 265 g/mol. The van der Waals surface area contributed by atoms with Gasteiger partial charge in [0.25, 0.3) is 0 Å². The predicted molar refractivity (Wildman–Crippen MR) is 65.6 cm³/mol. The Hall–Kier alpha value is -2.08. The maximum absolute atomic E-state index is 12.0. The number of hydrogen-bond acceptors (Lipinski definition) is 4. The molecule has 0 saturated carbocycles. The second-order valence-corrected chi connectivity index (χ2v) is 3.84. The molecular weight excluding hydrogens is 252 g/mol. The van der Waals surface area contributed by atoms with Crippen LogP contribution in [0.3, 0.4) is 0 Å². The first-order valence-electron chi connectivity index (χ1n) is 5.75. The number of benzene rings is 1. The molecule has 2 aromatic rings. The fourth-order valence-corrected chi connectivity index (χ4v) is 1.55. The van der Waals surface area contributed by atoms with Crippen LogP contribution in [0.4, 0.5) is 8.78 Å². The first-order valence-corrected chi connectivity index (χ1v) is 5.75. The van der Waals surface area contributed by atoms with Gasteiger partial charge in [0.2, 0.25) is 0 Å². The van der Waals surface area contributed by atoms with Gasteiger partial charge in [-0.3, -0.25) is 0 Å². The van der Waals surface area contributed by atoms with Crippen LogP contribution in [-0.2, 0) is 13.1 Å². The maximum Gasteiger partial charge on any atom is 0.387 e. The van der Waals surface area contributed by atoms with Gasteiger partial charge in [-0.15, -0.1) is 0 Å². The molecule has 0 unspecified atom stereocenters. The van der Waals surface area contributed by atoms with Crippen molar-refractivity contribution >= 4 is 0 Å². The van der Waals surface area contributed by atoms with Crippen molar-refractivity contribution in [1.29, 1.82) is 0 Å². The zero-order chi connectivity index (χ0) is 13.5. The van der Waals surface area contributed by atoms with Crippen LogP contribution in [0, 0.1) is 0 Å². The average Bonchev–Trinajstić information content (AvgIpc) is 2.41. The molecular formula is C13H13F2N3O. The number of nitrogens with zero attached hydrogens (tertiary/aromatic N) is 2. The number of halogens is 2. The lowest BCUT2D eigenvalue weighted by molar-refractivity contribution is -0.0498. The smallest absolute Gasteiger partial charge is 0.387 e. The Kier molecular flexibility index (Phi) is 4.74. The van der Waals surface area contributed by atoms with Gasteiger partial charge in [0.05, 0.1) is 5.69 Å². The molecule has 1 N–H and O–H groups in total. The first kappa shape index (κ1) is 13.4. The van der Waals surface area contributed by atoms with E-state index in [1.165, 1.54) is 12.1 Å². The fourth-order valence-electron chi connectivity index (χ4n) is 1.55. The Labute approximate surface area is 109 Å². The van der Waals surface area contributed by atoms with Crippen LogP contribution in [0.1, 0.15) is 11.3 Å². The molecule has 0 aliphatic carbocycles. The van der Waals surface area contributed by atoms with Gasteiger partial charge in [-0.1, -0.05) is 12.1 Å². The molecule has 0 fully saturated rings. The van der Waals surface area contributed by atoms with Crippen molar-refractivity contribution in [2.24, 2.45) is 0 Å². The lowest BCUT2D eigenvalue weighted by Crippen LogP contribution is -2.13. The molecule has 0 atom stereocenters. The van der Waals surface area contributed by atoms with Crippen LogP contribution in [0.15, 0.2) is 42.6 Å². The van der Waals surface area contributed by atoms with Crippen molar-refractivity contribution < 1.29 is 13.5 Å². The molecule has 2 rings (SSSR count). The van der Waals surface area contributed by atoms with Crippen LogP contribution in [0.5, 0.6) is 5.75 Å². The Morgan fingerprint density at radius 1 is 1.11 bits per heavy atom. The third-order valence-electron chi connectivity index (χ3n) is 2.41. The Morgan fingerprint density at radius 3 is 2.53 bits per heavy atom. The molecule has 1 aromatic heterocycles. The second-order valence-electron chi connectivity index (χ2n) is 3.84. The molecule has 19 heavy (non-hydrogen) atoms. The van der Waals surface area contributed by atoms with E-state index in [-0.39, 0.29) is 5.75 Å². The normalized spacial score (nSPS) is 10.7. The second kappa shape index (κ2) is 6.75. The highest BCUT2D eigenvalue weighted by atomic mass is 19.3. The lowest BCUT2D eigenvalue weighted by Gasteiger charge is -2.06. The standard InChI is InChI=1S/C13H13F2N3O/c14-13(15)19-12-5-3-10(4-6-12)8-16-9-11-2-1-7-17-18-11/h1-7,13,16H,8-9H2. The molecule has 0 radical (unpaired) electrons. The number of nitrogens with one attached hydrogen (secondary N) is 1. The molecule has 0 amide bonds. The number of rotatable bonds is 6. The molecule has 100 valence electrons. The van der Waals surface area contributed by atoms with Crippen LogP contribution >= 0.6 is 0 Å². The minimum absolute atomic E-state index is 0.160. The van der Waals surface area contributed by atoms with Crippen molar-refractivity contribution in [2.75, 3.05) is 0 Å². The molecule has 4 nitrogen and oxygen atoms in total. The minimum Gasteiger partial charge on any atom is -0.435 e. The molecule has 1 heterocycles. The lowest BCUT2D eigenvalue weighted by atomic mass is 10.2. The number of aromatic nitrogens is 2. The summed E-state index contributed by atoms with van der Waals surface area (Å²) in [6, 6.07) is 10.2. The van der Waals surface area contributed by atoms with Gasteiger partial charge in [-0.25, -0.2) is 0 Å². The van der Waals surface area contributed by atoms with Gasteiger partial charge >= 0.3 is 6.61 Å². The molecule has 1 aromatic carbocycles. The number of ether oxygens (including phenoxy) is 1. The van der Waals surface area contributed by atoms with E-state index < -0.39 is 6.61 Å². The summed E-state index contributed by atoms with van der Waals surface area (Å²) in [6.45, 7) is -1.57. The molecule has 0 saturated heterocycles. The van der Waals surface area contributed by atoms with E-state index in [1.807, 2.05) is 12.1 Å². The van der Waals surface area contributed by atoms with E-state index in [2.05, 4.69) is 20.3 Å². The van der Waals surface area contributed by atoms with Crippen molar-refractivity contribution in [3.8, 4) is 5.75 Å². The van der Waals surface area contributed by atoms with Gasteiger partial charge < -0.3 is 10.1 Å². The highest BCUT2D eigenvalue weighted by molar-refractivity contribution is 5.27. The van der Waals surface area contributed by atoms with Crippen LogP contribution in [-0.4, -0.2) is 16.8 Å². The summed E-state index contributed by atoms with van der Waals surface area (Å²) in [5, 5.41) is 10.9. The van der Waals surface area contributed by atoms with Gasteiger partial charge in [0, 0.05) is 19.3 Å². The number of alkyl halides is 2. The van der Waals surface area contributed by atoms with E-state index in [0.717, 1.165) is 11.3 Å². The Morgan fingerprint density at radius 2 is 1.89 bits per heavy atom. The first-order chi connectivity index (χ1) is 9.24. The van der Waals surface area contributed by atoms with Gasteiger partial charge in [-0.05, 0) is 29.8 Å². The van der Waals surface area contributed by atoms with Gasteiger partial charge in [-0.2, -0.15) is 19.0 Å². The van der Waals surface area contributed by atoms with Crippen molar-refractivity contribution in [3.05, 3.63) is 53.9 Å². The van der Waals surface area contributed by atoms with Crippen molar-refractivity contribution in [3.63, 3.8) is 0 Å². The van der Waals surface area contributed by atoms with Gasteiger partial charge in [0.1, 0.15) is 5.75 Å². The van der Waals surface area contributed by atoms with Crippen LogP contribution < -0.4 is 10.1 Å². The van der Waals surface area contributed by atoms with E-state index in [1.54, 1.807) is 18.3 Å². The highest BCUT2D eigenvalue weighted by Gasteiger charge is 2.03. The summed E-state index contributed by atoms with van der Waals surface area (Å²) in [7, 11) is 0. The summed E-state index contributed by atoms with van der Waals surface area (Å²) in [5.74, 6) is 0.160. The van der Waals surface area contributed by atoms with Crippen LogP contribution in [0.2, 0.25) is 0 Å². The zero-order valence-corrected chi connectivity index (χ0v) is 10.1. The topological polar surface area (TPSA) is 47.0 Å². The third kappa shape index (κ3) is 4.59. The van der Waals surface area contributed by atoms with Gasteiger partial charge in [0.15, 0.2) is 0 Å². The quantitative estimate of drug-likeness (QED) is 0.871. The fraction of sp³-hybridized carbons (Fsp3) is 0.231. The monoisotopic (exact) mass is 265 g/mol. The Bertz CT molecular complexity index is 491.